The molecule has 1 aromatic carbocycles. The SMILES string of the molecule is CCO[C@H]1CC[C@H](c2nnc3n2-c2ccc(Cl)cc2CN(C)C3)CC1. The first-order chi connectivity index (χ1) is 12.2. The molecule has 134 valence electrons. The van der Waals surface area contributed by atoms with Gasteiger partial charge in [-0.3, -0.25) is 9.47 Å². The molecule has 0 saturated heterocycles. The summed E-state index contributed by atoms with van der Waals surface area (Å²) in [6, 6.07) is 6.14. The van der Waals surface area contributed by atoms with Crippen LogP contribution in [0.3, 0.4) is 0 Å². The van der Waals surface area contributed by atoms with Crippen molar-refractivity contribution >= 4 is 11.6 Å². The Morgan fingerprint density at radius 3 is 2.72 bits per heavy atom. The number of halogens is 1. The van der Waals surface area contributed by atoms with Gasteiger partial charge in [0.25, 0.3) is 0 Å². The van der Waals surface area contributed by atoms with Crippen LogP contribution in [0.1, 0.15) is 55.7 Å². The van der Waals surface area contributed by atoms with E-state index in [4.69, 9.17) is 16.3 Å². The second kappa shape index (κ2) is 7.06. The van der Waals surface area contributed by atoms with Gasteiger partial charge in [-0.2, -0.15) is 0 Å². The first kappa shape index (κ1) is 17.0. The van der Waals surface area contributed by atoms with Crippen LogP contribution in [0.15, 0.2) is 18.2 Å². The lowest BCUT2D eigenvalue weighted by Crippen LogP contribution is -2.22. The molecule has 0 unspecified atom stereocenters. The van der Waals surface area contributed by atoms with Crippen molar-refractivity contribution in [2.45, 2.75) is 57.7 Å². The Labute approximate surface area is 153 Å². The topological polar surface area (TPSA) is 43.2 Å². The van der Waals surface area contributed by atoms with Crippen LogP contribution in [-0.2, 0) is 17.8 Å². The highest BCUT2D eigenvalue weighted by atomic mass is 35.5. The molecule has 0 atom stereocenters. The molecule has 2 aliphatic rings. The summed E-state index contributed by atoms with van der Waals surface area (Å²) in [4.78, 5) is 2.26. The zero-order chi connectivity index (χ0) is 17.4. The lowest BCUT2D eigenvalue weighted by molar-refractivity contribution is 0.0321. The molecule has 1 aromatic heterocycles. The van der Waals surface area contributed by atoms with E-state index in [1.165, 1.54) is 11.3 Å². The van der Waals surface area contributed by atoms with Gasteiger partial charge in [0, 0.05) is 24.1 Å². The van der Waals surface area contributed by atoms with E-state index < -0.39 is 0 Å². The normalized spacial score (nSPS) is 23.8. The van der Waals surface area contributed by atoms with Crippen molar-refractivity contribution in [1.82, 2.24) is 19.7 Å². The average molecular weight is 361 g/mol. The zero-order valence-electron chi connectivity index (χ0n) is 14.9. The molecule has 1 fully saturated rings. The van der Waals surface area contributed by atoms with E-state index >= 15 is 0 Å². The van der Waals surface area contributed by atoms with Gasteiger partial charge in [0.05, 0.1) is 18.3 Å². The lowest BCUT2D eigenvalue weighted by atomic mass is 9.86. The maximum atomic E-state index is 6.24. The van der Waals surface area contributed by atoms with Gasteiger partial charge in [-0.1, -0.05) is 11.6 Å². The van der Waals surface area contributed by atoms with Crippen LogP contribution in [0.5, 0.6) is 0 Å². The molecule has 25 heavy (non-hydrogen) atoms. The molecule has 1 aliphatic carbocycles. The van der Waals surface area contributed by atoms with Crippen molar-refractivity contribution in [3.05, 3.63) is 40.4 Å². The predicted octanol–water partition coefficient (Wildman–Crippen LogP) is 3.93. The number of aromatic nitrogens is 3. The Kier molecular flexibility index (Phi) is 4.80. The minimum atomic E-state index is 0.407. The Hall–Kier alpha value is -1.43. The van der Waals surface area contributed by atoms with E-state index in [-0.39, 0.29) is 0 Å². The summed E-state index contributed by atoms with van der Waals surface area (Å²) < 4.78 is 8.08. The van der Waals surface area contributed by atoms with Crippen LogP contribution in [-0.4, -0.2) is 39.4 Å². The molecular weight excluding hydrogens is 336 g/mol. The van der Waals surface area contributed by atoms with E-state index in [0.29, 0.717) is 12.0 Å². The van der Waals surface area contributed by atoms with E-state index in [0.717, 1.165) is 62.1 Å². The number of rotatable bonds is 3. The molecule has 0 N–H and O–H groups in total. The first-order valence-electron chi connectivity index (χ1n) is 9.18. The van der Waals surface area contributed by atoms with Crippen LogP contribution in [0.2, 0.25) is 5.02 Å². The van der Waals surface area contributed by atoms with Crippen LogP contribution in [0.4, 0.5) is 0 Å². The maximum Gasteiger partial charge on any atom is 0.151 e. The standard InChI is InChI=1S/C19H25ClN4O/c1-3-25-16-7-4-13(5-8-16)19-22-21-18-12-23(2)11-14-10-15(20)6-9-17(14)24(18)19/h6,9-10,13,16H,3-5,7-8,11-12H2,1-2H3/t13-,16-. The van der Waals surface area contributed by atoms with E-state index in [1.807, 2.05) is 6.07 Å². The van der Waals surface area contributed by atoms with Crippen molar-refractivity contribution < 1.29 is 4.74 Å². The van der Waals surface area contributed by atoms with Gasteiger partial charge < -0.3 is 4.74 Å². The van der Waals surface area contributed by atoms with Gasteiger partial charge in [0.1, 0.15) is 5.82 Å². The lowest BCUT2D eigenvalue weighted by Gasteiger charge is -2.28. The molecule has 0 amide bonds. The quantitative estimate of drug-likeness (QED) is 0.831. The van der Waals surface area contributed by atoms with Crippen LogP contribution < -0.4 is 0 Å². The number of fused-ring (bicyclic) bond motifs is 3. The number of hydrogen-bond donors (Lipinski definition) is 0. The van der Waals surface area contributed by atoms with Crippen molar-refractivity contribution in [2.75, 3.05) is 13.7 Å². The van der Waals surface area contributed by atoms with Crippen LogP contribution in [0, 0.1) is 0 Å². The van der Waals surface area contributed by atoms with E-state index in [1.54, 1.807) is 0 Å². The highest BCUT2D eigenvalue weighted by molar-refractivity contribution is 6.30. The summed E-state index contributed by atoms with van der Waals surface area (Å²) in [5.41, 5.74) is 2.41. The summed E-state index contributed by atoms with van der Waals surface area (Å²) in [6.07, 6.45) is 4.84. The molecule has 0 bridgehead atoms. The summed E-state index contributed by atoms with van der Waals surface area (Å²) in [6.45, 7) is 4.54. The third-order valence-corrected chi connectivity index (χ3v) is 5.57. The first-order valence-corrected chi connectivity index (χ1v) is 9.56. The molecule has 1 aliphatic heterocycles. The highest BCUT2D eigenvalue weighted by Gasteiger charge is 2.30. The van der Waals surface area contributed by atoms with Crippen LogP contribution >= 0.6 is 11.6 Å². The molecular formula is C19H25ClN4O. The minimum absolute atomic E-state index is 0.407. The smallest absolute Gasteiger partial charge is 0.151 e. The van der Waals surface area contributed by atoms with Crippen molar-refractivity contribution in [3.63, 3.8) is 0 Å². The van der Waals surface area contributed by atoms with Gasteiger partial charge >= 0.3 is 0 Å². The number of ether oxygens (including phenoxy) is 1. The van der Waals surface area contributed by atoms with E-state index in [9.17, 15) is 0 Å². The van der Waals surface area contributed by atoms with E-state index in [2.05, 4.69) is 45.8 Å². The van der Waals surface area contributed by atoms with Crippen LogP contribution in [0.25, 0.3) is 5.69 Å². The Morgan fingerprint density at radius 2 is 1.96 bits per heavy atom. The number of benzene rings is 1. The molecule has 4 rings (SSSR count). The monoisotopic (exact) mass is 360 g/mol. The van der Waals surface area contributed by atoms with Gasteiger partial charge in [0.2, 0.25) is 0 Å². The third kappa shape index (κ3) is 3.33. The predicted molar refractivity (Wildman–Crippen MR) is 98.2 cm³/mol. The molecule has 5 nitrogen and oxygen atoms in total. The highest BCUT2D eigenvalue weighted by Crippen LogP contribution is 2.36. The Balaban J connectivity index is 1.69. The second-order valence-corrected chi connectivity index (χ2v) is 7.62. The second-order valence-electron chi connectivity index (χ2n) is 7.18. The maximum absolute atomic E-state index is 6.24. The molecule has 1 saturated carbocycles. The summed E-state index contributed by atoms with van der Waals surface area (Å²) in [7, 11) is 2.11. The molecule has 0 radical (unpaired) electrons. The fourth-order valence-corrected chi connectivity index (χ4v) is 4.36. The van der Waals surface area contributed by atoms with Gasteiger partial charge in [-0.05, 0) is 63.4 Å². The van der Waals surface area contributed by atoms with Crippen molar-refractivity contribution in [2.24, 2.45) is 0 Å². The van der Waals surface area contributed by atoms with Gasteiger partial charge in [0.15, 0.2) is 5.82 Å². The molecule has 0 spiro atoms. The summed E-state index contributed by atoms with van der Waals surface area (Å²) >= 11 is 6.24. The number of hydrogen-bond acceptors (Lipinski definition) is 4. The van der Waals surface area contributed by atoms with Gasteiger partial charge in [-0.15, -0.1) is 10.2 Å². The Morgan fingerprint density at radius 1 is 1.16 bits per heavy atom. The third-order valence-electron chi connectivity index (χ3n) is 5.33. The Bertz CT molecular complexity index is 752. The van der Waals surface area contributed by atoms with Gasteiger partial charge in [-0.25, -0.2) is 0 Å². The largest absolute Gasteiger partial charge is 0.379 e. The summed E-state index contributed by atoms with van der Waals surface area (Å²) in [5, 5.41) is 9.91. The molecule has 6 heteroatoms. The summed E-state index contributed by atoms with van der Waals surface area (Å²) in [5.74, 6) is 2.57. The molecule has 2 heterocycles. The fourth-order valence-electron chi connectivity index (χ4n) is 4.17. The van der Waals surface area contributed by atoms with Crippen molar-refractivity contribution in [3.8, 4) is 5.69 Å². The average Bonchev–Trinajstić information content (AvgIpc) is 2.93. The molecule has 2 aromatic rings. The van der Waals surface area contributed by atoms with Crippen molar-refractivity contribution in [1.29, 1.82) is 0 Å². The minimum Gasteiger partial charge on any atom is -0.379 e. The number of nitrogens with zero attached hydrogens (tertiary/aromatic N) is 4. The fraction of sp³-hybridized carbons (Fsp3) is 0.579. The zero-order valence-corrected chi connectivity index (χ0v) is 15.7.